The van der Waals surface area contributed by atoms with Gasteiger partial charge in [0.2, 0.25) is 0 Å². The quantitative estimate of drug-likeness (QED) is 0.0343. The molecule has 0 aliphatic rings. The molecule has 0 fully saturated rings. The molecule has 0 saturated carbocycles. The fourth-order valence-corrected chi connectivity index (χ4v) is 12.0. The summed E-state index contributed by atoms with van der Waals surface area (Å²) in [5.74, 6) is -0.815. The lowest BCUT2D eigenvalue weighted by Gasteiger charge is -2.18. The van der Waals surface area contributed by atoms with Crippen LogP contribution in [-0.4, -0.2) is 37.2 Å². The summed E-state index contributed by atoms with van der Waals surface area (Å²) in [4.78, 5) is 38.5. The van der Waals surface area contributed by atoms with Gasteiger partial charge in [-0.3, -0.25) is 14.4 Å². The van der Waals surface area contributed by atoms with Crippen LogP contribution in [0.15, 0.2) is 0 Å². The number of carbonyl (C=O) groups excluding carboxylic acids is 3. The first-order valence-corrected chi connectivity index (χ1v) is 37.5. The van der Waals surface area contributed by atoms with Gasteiger partial charge in [-0.2, -0.15) is 0 Å². The minimum atomic E-state index is -0.764. The third kappa shape index (κ3) is 69.1. The van der Waals surface area contributed by atoms with E-state index in [1.165, 1.54) is 347 Å². The van der Waals surface area contributed by atoms with Crippen molar-refractivity contribution in [1.29, 1.82) is 0 Å². The summed E-state index contributed by atoms with van der Waals surface area (Å²) in [6, 6.07) is 0. The highest BCUT2D eigenvalue weighted by molar-refractivity contribution is 5.71. The van der Waals surface area contributed by atoms with Gasteiger partial charge in [-0.15, -0.1) is 0 Å². The van der Waals surface area contributed by atoms with E-state index < -0.39 is 6.10 Å². The molecular formula is C75H146O6. The summed E-state index contributed by atoms with van der Waals surface area (Å²) in [7, 11) is 0. The number of esters is 3. The van der Waals surface area contributed by atoms with Crippen LogP contribution in [0.1, 0.15) is 445 Å². The maximum atomic E-state index is 13.0. The smallest absolute Gasteiger partial charge is 0.306 e. The molecule has 0 radical (unpaired) electrons. The Kier molecular flexibility index (Phi) is 69.5. The number of hydrogen-bond acceptors (Lipinski definition) is 6. The molecule has 6 heteroatoms. The van der Waals surface area contributed by atoms with Gasteiger partial charge in [0.05, 0.1) is 0 Å². The third-order valence-electron chi connectivity index (χ3n) is 17.6. The molecule has 0 bridgehead atoms. The van der Waals surface area contributed by atoms with E-state index >= 15 is 0 Å². The summed E-state index contributed by atoms with van der Waals surface area (Å²) in [5, 5.41) is 0. The average molecular weight is 1140 g/mol. The molecule has 1 unspecified atom stereocenters. The molecule has 6 nitrogen and oxygen atoms in total. The van der Waals surface area contributed by atoms with Crippen molar-refractivity contribution in [3.63, 3.8) is 0 Å². The van der Waals surface area contributed by atoms with Gasteiger partial charge < -0.3 is 14.2 Å². The summed E-state index contributed by atoms with van der Waals surface area (Å²) < 4.78 is 17.0. The molecule has 0 rings (SSSR count). The second-order valence-corrected chi connectivity index (χ2v) is 25.9. The normalized spacial score (nSPS) is 11.9. The highest BCUT2D eigenvalue weighted by atomic mass is 16.6. The largest absolute Gasteiger partial charge is 0.462 e. The van der Waals surface area contributed by atoms with Gasteiger partial charge in [-0.05, 0) is 19.3 Å². The predicted molar refractivity (Wildman–Crippen MR) is 354 cm³/mol. The molecule has 1 atom stereocenters. The van der Waals surface area contributed by atoms with E-state index in [0.29, 0.717) is 19.3 Å². The molecular weight excluding hydrogens is 997 g/mol. The Hall–Kier alpha value is -1.59. The van der Waals surface area contributed by atoms with Crippen molar-refractivity contribution >= 4 is 17.9 Å². The van der Waals surface area contributed by atoms with Gasteiger partial charge in [0.25, 0.3) is 0 Å². The van der Waals surface area contributed by atoms with Crippen molar-refractivity contribution in [3.05, 3.63) is 0 Å². The van der Waals surface area contributed by atoms with Gasteiger partial charge in [0.1, 0.15) is 13.2 Å². The fraction of sp³-hybridized carbons (Fsp3) is 0.960. The number of carbonyl (C=O) groups is 3. The molecule has 0 aromatic heterocycles. The lowest BCUT2D eigenvalue weighted by molar-refractivity contribution is -0.167. The SMILES string of the molecule is CCCCCCCCCCCCCCCCCCCCCCCCCCC(=O)OCC(COC(=O)CCCCCCCCCCCCCCCCC)OC(=O)CCCCCCCCCCCCCCCCCCCCCCCCCC. The standard InChI is InChI=1S/C75H146O6/c1-4-7-10-13-16-19-22-25-28-30-32-34-36-38-40-42-44-47-50-53-56-59-62-65-68-74(77)80-71-72(70-79-73(76)67-64-61-58-55-52-49-46-27-24-21-18-15-12-9-6-3)81-75(78)69-66-63-60-57-54-51-48-45-43-41-39-37-35-33-31-29-26-23-20-17-14-11-8-5-2/h72H,4-71H2,1-3H3. The van der Waals surface area contributed by atoms with E-state index in [1.807, 2.05) is 0 Å². The monoisotopic (exact) mass is 1140 g/mol. The Bertz CT molecular complexity index is 1220. The highest BCUT2D eigenvalue weighted by Gasteiger charge is 2.20. The van der Waals surface area contributed by atoms with E-state index in [2.05, 4.69) is 20.8 Å². The molecule has 0 amide bonds. The first-order chi connectivity index (χ1) is 40.0. The molecule has 0 saturated heterocycles. The van der Waals surface area contributed by atoms with E-state index in [-0.39, 0.29) is 31.1 Å². The zero-order valence-corrected chi connectivity index (χ0v) is 55.6. The number of rotatable bonds is 71. The van der Waals surface area contributed by atoms with Crippen molar-refractivity contribution in [3.8, 4) is 0 Å². The van der Waals surface area contributed by atoms with Crippen LogP contribution in [-0.2, 0) is 28.6 Å². The van der Waals surface area contributed by atoms with Crippen molar-refractivity contribution in [2.24, 2.45) is 0 Å². The van der Waals surface area contributed by atoms with Crippen LogP contribution < -0.4 is 0 Å². The van der Waals surface area contributed by atoms with Crippen LogP contribution in [0, 0.1) is 0 Å². The number of ether oxygens (including phenoxy) is 3. The first kappa shape index (κ1) is 79.4. The van der Waals surface area contributed by atoms with Crippen LogP contribution >= 0.6 is 0 Å². The van der Waals surface area contributed by atoms with Gasteiger partial charge in [-0.1, -0.05) is 406 Å². The maximum Gasteiger partial charge on any atom is 0.306 e. The second-order valence-electron chi connectivity index (χ2n) is 25.9. The van der Waals surface area contributed by atoms with Crippen LogP contribution in [0.3, 0.4) is 0 Å². The van der Waals surface area contributed by atoms with Crippen molar-refractivity contribution in [1.82, 2.24) is 0 Å². The van der Waals surface area contributed by atoms with Crippen LogP contribution in [0.25, 0.3) is 0 Å². The van der Waals surface area contributed by atoms with E-state index in [1.54, 1.807) is 0 Å². The van der Waals surface area contributed by atoms with Gasteiger partial charge in [0.15, 0.2) is 6.10 Å². The maximum absolute atomic E-state index is 13.0. The molecule has 0 aliphatic heterocycles. The van der Waals surface area contributed by atoms with Crippen molar-refractivity contribution in [2.75, 3.05) is 13.2 Å². The van der Waals surface area contributed by atoms with Crippen LogP contribution in [0.4, 0.5) is 0 Å². The molecule has 0 aliphatic carbocycles. The summed E-state index contributed by atoms with van der Waals surface area (Å²) >= 11 is 0. The molecule has 0 spiro atoms. The fourth-order valence-electron chi connectivity index (χ4n) is 12.0. The topological polar surface area (TPSA) is 78.9 Å². The third-order valence-corrected chi connectivity index (χ3v) is 17.6. The highest BCUT2D eigenvalue weighted by Crippen LogP contribution is 2.20. The second kappa shape index (κ2) is 70.9. The minimum absolute atomic E-state index is 0.0599. The van der Waals surface area contributed by atoms with Crippen LogP contribution in [0.5, 0.6) is 0 Å². The van der Waals surface area contributed by atoms with E-state index in [4.69, 9.17) is 14.2 Å². The van der Waals surface area contributed by atoms with Crippen molar-refractivity contribution in [2.45, 2.75) is 451 Å². The molecule has 0 aromatic rings. The molecule has 0 aromatic carbocycles. The zero-order valence-electron chi connectivity index (χ0n) is 55.6. The number of unbranched alkanes of at least 4 members (excludes halogenated alkanes) is 60. The Morgan fingerprint density at radius 3 is 0.494 bits per heavy atom. The Balaban J connectivity index is 4.21. The molecule has 0 N–H and O–H groups in total. The summed E-state index contributed by atoms with van der Waals surface area (Å²) in [5.41, 5.74) is 0. The van der Waals surface area contributed by atoms with Crippen LogP contribution in [0.2, 0.25) is 0 Å². The first-order valence-electron chi connectivity index (χ1n) is 37.5. The lowest BCUT2D eigenvalue weighted by atomic mass is 10.0. The van der Waals surface area contributed by atoms with Gasteiger partial charge in [-0.25, -0.2) is 0 Å². The molecule has 81 heavy (non-hydrogen) atoms. The molecule has 0 heterocycles. The van der Waals surface area contributed by atoms with Crippen molar-refractivity contribution < 1.29 is 28.6 Å². The Morgan fingerprint density at radius 1 is 0.198 bits per heavy atom. The average Bonchev–Trinajstić information content (AvgIpc) is 3.47. The predicted octanol–water partition coefficient (Wildman–Crippen LogP) is 25.8. The van der Waals surface area contributed by atoms with Gasteiger partial charge >= 0.3 is 17.9 Å². The Labute approximate surface area is 508 Å². The minimum Gasteiger partial charge on any atom is -0.462 e. The zero-order chi connectivity index (χ0) is 58.5. The summed E-state index contributed by atoms with van der Waals surface area (Å²) in [6.45, 7) is 6.76. The lowest BCUT2D eigenvalue weighted by Crippen LogP contribution is -2.30. The van der Waals surface area contributed by atoms with E-state index in [9.17, 15) is 14.4 Å². The molecule has 482 valence electrons. The summed E-state index contributed by atoms with van der Waals surface area (Å²) in [6.07, 6.45) is 84.3. The number of hydrogen-bond donors (Lipinski definition) is 0. The van der Waals surface area contributed by atoms with E-state index in [0.717, 1.165) is 57.8 Å². The van der Waals surface area contributed by atoms with Gasteiger partial charge in [0, 0.05) is 19.3 Å². The Morgan fingerprint density at radius 2 is 0.333 bits per heavy atom.